The summed E-state index contributed by atoms with van der Waals surface area (Å²) in [5.74, 6) is -1.50. The van der Waals surface area contributed by atoms with E-state index in [4.69, 9.17) is 0 Å². The van der Waals surface area contributed by atoms with Crippen LogP contribution >= 0.6 is 0 Å². The Bertz CT molecular complexity index is 900. The van der Waals surface area contributed by atoms with Gasteiger partial charge in [0.05, 0.1) is 6.10 Å². The number of fused-ring (bicyclic) bond motifs is 1. The first-order chi connectivity index (χ1) is 13.3. The molecule has 1 unspecified atom stereocenters. The van der Waals surface area contributed by atoms with Gasteiger partial charge in [0.15, 0.2) is 0 Å². The lowest BCUT2D eigenvalue weighted by molar-refractivity contribution is -0.136. The summed E-state index contributed by atoms with van der Waals surface area (Å²) < 4.78 is 0. The topological polar surface area (TPSA) is 81.7 Å². The maximum atomic E-state index is 12.2. The van der Waals surface area contributed by atoms with Crippen molar-refractivity contribution in [3.63, 3.8) is 0 Å². The van der Waals surface area contributed by atoms with E-state index in [-0.39, 0.29) is 6.54 Å². The van der Waals surface area contributed by atoms with E-state index in [1.54, 1.807) is 0 Å². The van der Waals surface area contributed by atoms with Crippen molar-refractivity contribution in [2.75, 3.05) is 30.4 Å². The zero-order valence-electron chi connectivity index (χ0n) is 16.8. The van der Waals surface area contributed by atoms with E-state index in [0.29, 0.717) is 5.69 Å². The van der Waals surface area contributed by atoms with Gasteiger partial charge in [-0.2, -0.15) is 0 Å². The molecule has 0 fully saturated rings. The third-order valence-corrected chi connectivity index (χ3v) is 5.19. The fourth-order valence-electron chi connectivity index (χ4n) is 3.73. The van der Waals surface area contributed by atoms with Gasteiger partial charge < -0.3 is 20.6 Å². The number of nitrogens with zero attached hydrogens (tertiary/aromatic N) is 1. The second-order valence-electron chi connectivity index (χ2n) is 7.51. The smallest absolute Gasteiger partial charge is 0.313 e. The lowest BCUT2D eigenvalue weighted by Gasteiger charge is -2.16. The van der Waals surface area contributed by atoms with Gasteiger partial charge in [-0.3, -0.25) is 9.59 Å². The number of amides is 2. The molecular weight excluding hydrogens is 354 g/mol. The molecule has 3 N–H and O–H groups in total. The van der Waals surface area contributed by atoms with Crippen molar-refractivity contribution in [3.8, 4) is 0 Å². The largest absolute Gasteiger partial charge is 0.387 e. The predicted molar refractivity (Wildman–Crippen MR) is 111 cm³/mol. The number of hydrogen-bond acceptors (Lipinski definition) is 4. The maximum absolute atomic E-state index is 12.2. The molecule has 1 aliphatic rings. The first kappa shape index (κ1) is 19.9. The molecule has 2 aromatic carbocycles. The lowest BCUT2D eigenvalue weighted by atomic mass is 10.0. The van der Waals surface area contributed by atoms with E-state index in [2.05, 4.69) is 15.5 Å². The van der Waals surface area contributed by atoms with Crippen LogP contribution in [0.4, 0.5) is 11.4 Å². The molecule has 0 bridgehead atoms. The maximum Gasteiger partial charge on any atom is 0.313 e. The Hall–Kier alpha value is -2.86. The zero-order valence-corrected chi connectivity index (χ0v) is 16.8. The summed E-state index contributed by atoms with van der Waals surface area (Å²) in [6.07, 6.45) is 0.0759. The predicted octanol–water partition coefficient (Wildman–Crippen LogP) is 2.39. The van der Waals surface area contributed by atoms with Crippen LogP contribution in [0.25, 0.3) is 0 Å². The molecule has 0 saturated carbocycles. The molecule has 1 atom stereocenters. The molecule has 148 valence electrons. The molecule has 1 heterocycles. The highest BCUT2D eigenvalue weighted by molar-refractivity contribution is 6.39. The minimum absolute atomic E-state index is 0.0211. The van der Waals surface area contributed by atoms with Gasteiger partial charge in [0, 0.05) is 31.5 Å². The number of hydrogen-bond donors (Lipinski definition) is 3. The molecule has 0 radical (unpaired) electrons. The molecule has 3 rings (SSSR count). The van der Waals surface area contributed by atoms with E-state index in [0.717, 1.165) is 35.2 Å². The van der Waals surface area contributed by atoms with Crippen LogP contribution in [-0.2, 0) is 16.0 Å². The van der Waals surface area contributed by atoms with Gasteiger partial charge in [0.2, 0.25) is 0 Å². The summed E-state index contributed by atoms with van der Waals surface area (Å²) >= 11 is 0. The molecule has 28 heavy (non-hydrogen) atoms. The van der Waals surface area contributed by atoms with Crippen LogP contribution in [-0.4, -0.2) is 37.1 Å². The molecule has 6 heteroatoms. The number of likely N-dealkylation sites (N-methyl/N-ethyl adjacent to an activating group) is 1. The van der Waals surface area contributed by atoms with Gasteiger partial charge in [-0.05, 0) is 55.5 Å². The van der Waals surface area contributed by atoms with Crippen molar-refractivity contribution in [2.24, 2.45) is 0 Å². The summed E-state index contributed by atoms with van der Waals surface area (Å²) in [6, 6.07) is 9.72. The molecule has 2 amide bonds. The molecule has 1 aliphatic heterocycles. The standard InChI is InChI=1S/C22H27N3O3/c1-13-9-14(2)20(15(3)10-13)24-22(28)21(27)23-12-19(26)17-5-6-18-16(11-17)7-8-25(18)4/h5-6,9-11,19,26H,7-8,12H2,1-4H3,(H,23,27)(H,24,28). The zero-order chi connectivity index (χ0) is 20.4. The molecule has 0 aliphatic carbocycles. The highest BCUT2D eigenvalue weighted by atomic mass is 16.3. The van der Waals surface area contributed by atoms with E-state index < -0.39 is 17.9 Å². The number of anilines is 2. The van der Waals surface area contributed by atoms with Gasteiger partial charge in [-0.1, -0.05) is 29.8 Å². The van der Waals surface area contributed by atoms with Crippen LogP contribution in [0.1, 0.15) is 33.9 Å². The van der Waals surface area contributed by atoms with Crippen molar-refractivity contribution >= 4 is 23.2 Å². The number of aryl methyl sites for hydroxylation is 3. The van der Waals surface area contributed by atoms with Crippen LogP contribution in [0.5, 0.6) is 0 Å². The lowest BCUT2D eigenvalue weighted by Crippen LogP contribution is -2.37. The second-order valence-corrected chi connectivity index (χ2v) is 7.51. The number of rotatable bonds is 4. The summed E-state index contributed by atoms with van der Waals surface area (Å²) in [4.78, 5) is 26.6. The quantitative estimate of drug-likeness (QED) is 0.711. The number of aliphatic hydroxyl groups is 1. The highest BCUT2D eigenvalue weighted by Crippen LogP contribution is 2.29. The first-order valence-corrected chi connectivity index (χ1v) is 9.45. The van der Waals surface area contributed by atoms with E-state index in [1.807, 2.05) is 58.2 Å². The fourth-order valence-corrected chi connectivity index (χ4v) is 3.73. The van der Waals surface area contributed by atoms with Crippen LogP contribution in [0.2, 0.25) is 0 Å². The third-order valence-electron chi connectivity index (χ3n) is 5.19. The van der Waals surface area contributed by atoms with Gasteiger partial charge in [-0.25, -0.2) is 0 Å². The number of carbonyl (C=O) groups excluding carboxylic acids is 2. The first-order valence-electron chi connectivity index (χ1n) is 9.45. The Morgan fingerprint density at radius 2 is 1.79 bits per heavy atom. The second kappa shape index (κ2) is 8.02. The number of carbonyl (C=O) groups is 2. The molecule has 0 saturated heterocycles. The van der Waals surface area contributed by atoms with E-state index in [1.165, 1.54) is 11.3 Å². The molecule has 0 spiro atoms. The van der Waals surface area contributed by atoms with Crippen molar-refractivity contribution in [3.05, 3.63) is 58.1 Å². The van der Waals surface area contributed by atoms with Crippen molar-refractivity contribution in [1.82, 2.24) is 5.32 Å². The summed E-state index contributed by atoms with van der Waals surface area (Å²) in [5.41, 5.74) is 6.65. The normalized spacial score (nSPS) is 13.8. The Morgan fingerprint density at radius 3 is 2.46 bits per heavy atom. The Balaban J connectivity index is 1.59. The van der Waals surface area contributed by atoms with Crippen LogP contribution in [0.3, 0.4) is 0 Å². The van der Waals surface area contributed by atoms with E-state index in [9.17, 15) is 14.7 Å². The molecule has 0 aromatic heterocycles. The summed E-state index contributed by atoms with van der Waals surface area (Å²) in [7, 11) is 2.04. The van der Waals surface area contributed by atoms with Gasteiger partial charge in [0.1, 0.15) is 0 Å². The number of nitrogens with one attached hydrogen (secondary N) is 2. The van der Waals surface area contributed by atoms with Crippen LogP contribution in [0, 0.1) is 20.8 Å². The van der Waals surface area contributed by atoms with Gasteiger partial charge in [0.25, 0.3) is 0 Å². The monoisotopic (exact) mass is 381 g/mol. The fraction of sp³-hybridized carbons (Fsp3) is 0.364. The SMILES string of the molecule is Cc1cc(C)c(NC(=O)C(=O)NCC(O)c2ccc3c(c2)CCN3C)c(C)c1. The van der Waals surface area contributed by atoms with Crippen LogP contribution in [0.15, 0.2) is 30.3 Å². The Labute approximate surface area is 165 Å². The third kappa shape index (κ3) is 4.17. The molecule has 2 aromatic rings. The van der Waals surface area contributed by atoms with Gasteiger partial charge >= 0.3 is 11.8 Å². The number of benzene rings is 2. The van der Waals surface area contributed by atoms with Crippen molar-refractivity contribution in [1.29, 1.82) is 0 Å². The van der Waals surface area contributed by atoms with E-state index >= 15 is 0 Å². The average Bonchev–Trinajstić information content (AvgIpc) is 3.02. The summed E-state index contributed by atoms with van der Waals surface area (Å²) in [5, 5.41) is 15.6. The van der Waals surface area contributed by atoms with Gasteiger partial charge in [-0.15, -0.1) is 0 Å². The Kier molecular flexibility index (Phi) is 5.70. The molecule has 6 nitrogen and oxygen atoms in total. The average molecular weight is 381 g/mol. The Morgan fingerprint density at radius 1 is 1.11 bits per heavy atom. The minimum Gasteiger partial charge on any atom is -0.387 e. The summed E-state index contributed by atoms with van der Waals surface area (Å²) in [6.45, 7) is 6.71. The van der Waals surface area contributed by atoms with Crippen LogP contribution < -0.4 is 15.5 Å². The molecular formula is C22H27N3O3. The number of aliphatic hydroxyl groups excluding tert-OH is 1. The minimum atomic E-state index is -0.865. The van der Waals surface area contributed by atoms with Crippen molar-refractivity contribution in [2.45, 2.75) is 33.3 Å². The van der Waals surface area contributed by atoms with Crippen molar-refractivity contribution < 1.29 is 14.7 Å². The highest BCUT2D eigenvalue weighted by Gasteiger charge is 2.20.